The lowest BCUT2D eigenvalue weighted by atomic mass is 9.62. The Morgan fingerprint density at radius 3 is 2.67 bits per heavy atom. The molecule has 0 aromatic carbocycles. The molecule has 0 N–H and O–H groups in total. The normalized spacial score (nSPS) is 35.0. The number of rotatable bonds is 1. The van der Waals surface area contributed by atoms with Gasteiger partial charge < -0.3 is 0 Å². The molecular formula is C10H18IN. The first-order chi connectivity index (χ1) is 5.76. The fraction of sp³-hybridized carbons (Fsp3) is 1.00. The molecule has 1 heterocycles. The van der Waals surface area contributed by atoms with Gasteiger partial charge in [0.1, 0.15) is 0 Å². The molecule has 0 aromatic heterocycles. The minimum absolute atomic E-state index is 0.808. The minimum Gasteiger partial charge on any atom is -0.244 e. The van der Waals surface area contributed by atoms with Crippen LogP contribution in [-0.4, -0.2) is 15.7 Å². The molecule has 2 fully saturated rings. The van der Waals surface area contributed by atoms with Gasteiger partial charge in [-0.05, 0) is 37.5 Å². The van der Waals surface area contributed by atoms with Gasteiger partial charge in [-0.15, -0.1) is 0 Å². The van der Waals surface area contributed by atoms with E-state index < -0.39 is 0 Å². The van der Waals surface area contributed by atoms with Crippen LogP contribution in [0.2, 0.25) is 0 Å². The van der Waals surface area contributed by atoms with Crippen LogP contribution in [0.1, 0.15) is 45.4 Å². The van der Waals surface area contributed by atoms with Crippen LogP contribution in [-0.2, 0) is 0 Å². The molecule has 1 spiro atoms. The maximum absolute atomic E-state index is 2.53. The van der Waals surface area contributed by atoms with E-state index in [0.717, 1.165) is 11.5 Å². The lowest BCUT2D eigenvalue weighted by Crippen LogP contribution is -2.45. The van der Waals surface area contributed by atoms with E-state index in [9.17, 15) is 0 Å². The second-order valence-corrected chi connectivity index (χ2v) is 5.73. The largest absolute Gasteiger partial charge is 0.244 e. The molecule has 1 saturated carbocycles. The van der Waals surface area contributed by atoms with Crippen LogP contribution in [0.4, 0.5) is 0 Å². The average molecular weight is 279 g/mol. The molecule has 1 unspecified atom stereocenters. The van der Waals surface area contributed by atoms with Crippen molar-refractivity contribution in [3.05, 3.63) is 0 Å². The van der Waals surface area contributed by atoms with Gasteiger partial charge in [-0.3, -0.25) is 0 Å². The van der Waals surface area contributed by atoms with Crippen LogP contribution >= 0.6 is 22.9 Å². The standard InChI is InChI=1S/C10H18IN/c1-2-9-8-10(4-3-5-10)6-7-12(9)11/h9H,2-8H2,1H3. The van der Waals surface area contributed by atoms with E-state index in [1.165, 1.54) is 45.1 Å². The van der Waals surface area contributed by atoms with E-state index >= 15 is 0 Å². The molecule has 1 aliphatic carbocycles. The topological polar surface area (TPSA) is 3.24 Å². The number of hydrogen-bond donors (Lipinski definition) is 0. The van der Waals surface area contributed by atoms with Gasteiger partial charge in [-0.2, -0.15) is 0 Å². The monoisotopic (exact) mass is 279 g/mol. The second kappa shape index (κ2) is 3.45. The van der Waals surface area contributed by atoms with Crippen LogP contribution in [0.15, 0.2) is 0 Å². The first-order valence-corrected chi connectivity index (χ1v) is 6.15. The van der Waals surface area contributed by atoms with Crippen LogP contribution < -0.4 is 0 Å². The second-order valence-electron chi connectivity index (χ2n) is 4.49. The van der Waals surface area contributed by atoms with Gasteiger partial charge in [0.2, 0.25) is 0 Å². The zero-order valence-electron chi connectivity index (χ0n) is 7.85. The summed E-state index contributed by atoms with van der Waals surface area (Å²) in [4.78, 5) is 0. The Morgan fingerprint density at radius 2 is 2.17 bits per heavy atom. The SMILES string of the molecule is CCC1CC2(CCC2)CCN1I. The van der Waals surface area contributed by atoms with Crippen LogP contribution in [0.3, 0.4) is 0 Å². The molecular weight excluding hydrogens is 261 g/mol. The Morgan fingerprint density at radius 1 is 1.42 bits per heavy atom. The summed E-state index contributed by atoms with van der Waals surface area (Å²) in [6.07, 6.45) is 8.82. The van der Waals surface area contributed by atoms with Crippen molar-refractivity contribution in [1.29, 1.82) is 0 Å². The smallest absolute Gasteiger partial charge is 0.0204 e. The molecule has 12 heavy (non-hydrogen) atoms. The summed E-state index contributed by atoms with van der Waals surface area (Å²) in [7, 11) is 0. The molecule has 0 radical (unpaired) electrons. The third kappa shape index (κ3) is 1.52. The molecule has 2 aliphatic rings. The Kier molecular flexibility index (Phi) is 2.66. The van der Waals surface area contributed by atoms with Crippen molar-refractivity contribution < 1.29 is 0 Å². The van der Waals surface area contributed by atoms with Gasteiger partial charge in [0, 0.05) is 35.5 Å². The Balaban J connectivity index is 1.97. The molecule has 1 saturated heterocycles. The zero-order valence-corrected chi connectivity index (χ0v) is 10.0. The first kappa shape index (κ1) is 9.25. The minimum atomic E-state index is 0.808. The lowest BCUT2D eigenvalue weighted by molar-refractivity contribution is 0.0381. The van der Waals surface area contributed by atoms with Gasteiger partial charge >= 0.3 is 0 Å². The summed E-state index contributed by atoms with van der Waals surface area (Å²) >= 11 is 2.51. The summed E-state index contributed by atoms with van der Waals surface area (Å²) in [5.74, 6) is 0. The molecule has 70 valence electrons. The summed E-state index contributed by atoms with van der Waals surface area (Å²) in [6, 6.07) is 0.875. The summed E-state index contributed by atoms with van der Waals surface area (Å²) in [6.45, 7) is 3.66. The van der Waals surface area contributed by atoms with E-state index in [1.807, 2.05) is 0 Å². The highest BCUT2D eigenvalue weighted by Gasteiger charge is 2.42. The van der Waals surface area contributed by atoms with E-state index in [0.29, 0.717) is 0 Å². The molecule has 2 heteroatoms. The van der Waals surface area contributed by atoms with Crippen LogP contribution in [0.25, 0.3) is 0 Å². The molecule has 0 amide bonds. The number of nitrogens with zero attached hydrogens (tertiary/aromatic N) is 1. The number of piperidine rings is 1. The molecule has 2 rings (SSSR count). The Hall–Kier alpha value is 0.690. The van der Waals surface area contributed by atoms with Crippen molar-refractivity contribution >= 4 is 22.9 Å². The number of hydrogen-bond acceptors (Lipinski definition) is 1. The zero-order chi connectivity index (χ0) is 8.60. The maximum Gasteiger partial charge on any atom is 0.0204 e. The number of halogens is 1. The fourth-order valence-electron chi connectivity index (χ4n) is 2.70. The summed E-state index contributed by atoms with van der Waals surface area (Å²) < 4.78 is 2.53. The van der Waals surface area contributed by atoms with Crippen molar-refractivity contribution in [2.75, 3.05) is 6.54 Å². The van der Waals surface area contributed by atoms with Crippen LogP contribution in [0.5, 0.6) is 0 Å². The highest BCUT2D eigenvalue weighted by atomic mass is 127. The van der Waals surface area contributed by atoms with Gasteiger partial charge in [-0.1, -0.05) is 13.3 Å². The Bertz CT molecular complexity index is 165. The van der Waals surface area contributed by atoms with Crippen LogP contribution in [0, 0.1) is 5.41 Å². The Labute approximate surface area is 89.4 Å². The third-order valence-electron chi connectivity index (χ3n) is 3.81. The molecule has 1 nitrogen and oxygen atoms in total. The third-order valence-corrected chi connectivity index (χ3v) is 5.08. The van der Waals surface area contributed by atoms with Gasteiger partial charge in [0.15, 0.2) is 0 Å². The van der Waals surface area contributed by atoms with Gasteiger partial charge in [-0.25, -0.2) is 3.11 Å². The predicted molar refractivity (Wildman–Crippen MR) is 60.3 cm³/mol. The van der Waals surface area contributed by atoms with Crippen molar-refractivity contribution in [1.82, 2.24) is 3.11 Å². The van der Waals surface area contributed by atoms with E-state index in [2.05, 4.69) is 32.9 Å². The van der Waals surface area contributed by atoms with Gasteiger partial charge in [0.05, 0.1) is 0 Å². The fourth-order valence-corrected chi connectivity index (χ4v) is 3.53. The predicted octanol–water partition coefficient (Wildman–Crippen LogP) is 3.38. The van der Waals surface area contributed by atoms with E-state index in [1.54, 1.807) is 0 Å². The van der Waals surface area contributed by atoms with E-state index in [-0.39, 0.29) is 0 Å². The molecule has 1 atom stereocenters. The van der Waals surface area contributed by atoms with Crippen molar-refractivity contribution in [2.45, 2.75) is 51.5 Å². The molecule has 0 aromatic rings. The van der Waals surface area contributed by atoms with Crippen molar-refractivity contribution in [3.8, 4) is 0 Å². The van der Waals surface area contributed by atoms with Crippen molar-refractivity contribution in [2.24, 2.45) is 5.41 Å². The summed E-state index contributed by atoms with van der Waals surface area (Å²) in [5, 5.41) is 0. The quantitative estimate of drug-likeness (QED) is 0.525. The van der Waals surface area contributed by atoms with Crippen molar-refractivity contribution in [3.63, 3.8) is 0 Å². The van der Waals surface area contributed by atoms with Gasteiger partial charge in [0.25, 0.3) is 0 Å². The lowest BCUT2D eigenvalue weighted by Gasteiger charge is -2.50. The highest BCUT2D eigenvalue weighted by Crippen LogP contribution is 2.51. The average Bonchev–Trinajstić information content (AvgIpc) is 2.03. The summed E-state index contributed by atoms with van der Waals surface area (Å²) in [5.41, 5.74) is 0.808. The highest BCUT2D eigenvalue weighted by molar-refractivity contribution is 14.1. The maximum atomic E-state index is 2.53. The molecule has 1 aliphatic heterocycles. The molecule has 0 bridgehead atoms. The van der Waals surface area contributed by atoms with E-state index in [4.69, 9.17) is 0 Å². The first-order valence-electron chi connectivity index (χ1n) is 5.18.